The second-order valence-electron chi connectivity index (χ2n) is 4.86. The molecule has 0 bridgehead atoms. The van der Waals surface area contributed by atoms with E-state index in [0.717, 1.165) is 0 Å². The molecule has 0 atom stereocenters. The lowest BCUT2D eigenvalue weighted by Gasteiger charge is -2.08. The Hall–Kier alpha value is -2.22. The fourth-order valence-corrected chi connectivity index (χ4v) is 2.70. The molecule has 0 aliphatic carbocycles. The van der Waals surface area contributed by atoms with Crippen molar-refractivity contribution in [3.8, 4) is 5.75 Å². The SMILES string of the molecule is Fc1ccccc1/C=N\n1c(COc2c(Cl)cccc2Cl)n[nH]c1=S. The molecule has 0 aliphatic rings. The maximum atomic E-state index is 13.7. The number of benzene rings is 2. The Balaban J connectivity index is 1.83. The van der Waals surface area contributed by atoms with Gasteiger partial charge in [0, 0.05) is 5.56 Å². The minimum Gasteiger partial charge on any atom is -0.482 e. The Morgan fingerprint density at radius 1 is 1.20 bits per heavy atom. The molecule has 0 unspecified atom stereocenters. The summed E-state index contributed by atoms with van der Waals surface area (Å²) >= 11 is 17.3. The summed E-state index contributed by atoms with van der Waals surface area (Å²) in [5, 5.41) is 11.6. The van der Waals surface area contributed by atoms with Crippen molar-refractivity contribution in [2.45, 2.75) is 6.61 Å². The van der Waals surface area contributed by atoms with Gasteiger partial charge in [-0.2, -0.15) is 14.9 Å². The van der Waals surface area contributed by atoms with Crippen LogP contribution >= 0.6 is 35.4 Å². The van der Waals surface area contributed by atoms with Gasteiger partial charge in [-0.3, -0.25) is 0 Å². The largest absolute Gasteiger partial charge is 0.482 e. The van der Waals surface area contributed by atoms with Crippen LogP contribution in [0.25, 0.3) is 0 Å². The van der Waals surface area contributed by atoms with Gasteiger partial charge in [0.05, 0.1) is 16.3 Å². The highest BCUT2D eigenvalue weighted by Crippen LogP contribution is 2.32. The van der Waals surface area contributed by atoms with Crippen molar-refractivity contribution in [3.05, 3.63) is 74.5 Å². The molecule has 5 nitrogen and oxygen atoms in total. The first-order valence-electron chi connectivity index (χ1n) is 7.08. The fraction of sp³-hybridized carbons (Fsp3) is 0.0625. The molecular formula is C16H11Cl2FN4OS. The van der Waals surface area contributed by atoms with Crippen LogP contribution in [0.4, 0.5) is 4.39 Å². The summed E-state index contributed by atoms with van der Waals surface area (Å²) in [5.41, 5.74) is 0.326. The van der Waals surface area contributed by atoms with Gasteiger partial charge >= 0.3 is 0 Å². The third-order valence-electron chi connectivity index (χ3n) is 3.20. The maximum absolute atomic E-state index is 13.7. The number of aromatic nitrogens is 3. The monoisotopic (exact) mass is 396 g/mol. The zero-order chi connectivity index (χ0) is 17.8. The van der Waals surface area contributed by atoms with Crippen LogP contribution in [0.3, 0.4) is 0 Å². The molecule has 1 heterocycles. The van der Waals surface area contributed by atoms with Gasteiger partial charge in [-0.15, -0.1) is 0 Å². The predicted octanol–water partition coefficient (Wildman–Crippen LogP) is 4.85. The minimum atomic E-state index is -0.387. The summed E-state index contributed by atoms with van der Waals surface area (Å²) in [6, 6.07) is 11.3. The Bertz CT molecular complexity index is 966. The Morgan fingerprint density at radius 3 is 2.64 bits per heavy atom. The van der Waals surface area contributed by atoms with Gasteiger partial charge in [0.15, 0.2) is 11.6 Å². The standard InChI is InChI=1S/C16H11Cl2FN4OS/c17-11-5-3-6-12(18)15(11)24-9-14-21-22-16(25)23(14)20-8-10-4-1-2-7-13(10)19/h1-8H,9H2,(H,22,25)/b20-8-. The third kappa shape index (κ3) is 4.07. The highest BCUT2D eigenvalue weighted by atomic mass is 35.5. The van der Waals surface area contributed by atoms with Crippen LogP contribution in [0.5, 0.6) is 5.75 Å². The van der Waals surface area contributed by atoms with Gasteiger partial charge in [-0.05, 0) is 30.4 Å². The number of halogens is 3. The lowest BCUT2D eigenvalue weighted by Crippen LogP contribution is -2.05. The van der Waals surface area contributed by atoms with E-state index >= 15 is 0 Å². The summed E-state index contributed by atoms with van der Waals surface area (Å²) in [6.07, 6.45) is 1.35. The second kappa shape index (κ2) is 7.77. The lowest BCUT2D eigenvalue weighted by molar-refractivity contribution is 0.291. The number of para-hydroxylation sites is 1. The Labute approximate surface area is 157 Å². The third-order valence-corrected chi connectivity index (χ3v) is 4.06. The van der Waals surface area contributed by atoms with E-state index in [9.17, 15) is 4.39 Å². The first-order chi connectivity index (χ1) is 12.1. The van der Waals surface area contributed by atoms with E-state index in [1.165, 1.54) is 17.0 Å². The van der Waals surface area contributed by atoms with Crippen LogP contribution in [0.1, 0.15) is 11.4 Å². The smallest absolute Gasteiger partial charge is 0.216 e. The zero-order valence-corrected chi connectivity index (χ0v) is 14.9. The first kappa shape index (κ1) is 17.6. The van der Waals surface area contributed by atoms with Gasteiger partial charge in [-0.25, -0.2) is 9.49 Å². The molecule has 25 heavy (non-hydrogen) atoms. The molecule has 0 radical (unpaired) electrons. The van der Waals surface area contributed by atoms with E-state index in [-0.39, 0.29) is 17.2 Å². The maximum Gasteiger partial charge on any atom is 0.216 e. The molecule has 3 rings (SSSR count). The lowest BCUT2D eigenvalue weighted by atomic mass is 10.2. The predicted molar refractivity (Wildman–Crippen MR) is 97.6 cm³/mol. The molecule has 0 amide bonds. The summed E-state index contributed by atoms with van der Waals surface area (Å²) in [6.45, 7) is 0.0191. The number of aromatic amines is 1. The van der Waals surface area contributed by atoms with E-state index in [1.54, 1.807) is 36.4 Å². The molecule has 0 spiro atoms. The summed E-state index contributed by atoms with van der Waals surface area (Å²) < 4.78 is 20.9. The van der Waals surface area contributed by atoms with E-state index in [2.05, 4.69) is 15.3 Å². The van der Waals surface area contributed by atoms with Crippen LogP contribution in [0.2, 0.25) is 10.0 Å². The fourth-order valence-electron chi connectivity index (χ4n) is 1.99. The number of nitrogens with one attached hydrogen (secondary N) is 1. The second-order valence-corrected chi connectivity index (χ2v) is 6.06. The van der Waals surface area contributed by atoms with Crippen LogP contribution in [-0.4, -0.2) is 21.1 Å². The molecular weight excluding hydrogens is 386 g/mol. The summed E-state index contributed by atoms with van der Waals surface area (Å²) in [5.74, 6) is 0.333. The van der Waals surface area contributed by atoms with E-state index in [4.69, 9.17) is 40.2 Å². The minimum absolute atomic E-state index is 0.0191. The molecule has 0 saturated carbocycles. The van der Waals surface area contributed by atoms with Crippen LogP contribution in [0, 0.1) is 10.6 Å². The number of nitrogens with zero attached hydrogens (tertiary/aromatic N) is 3. The number of rotatable bonds is 5. The summed E-state index contributed by atoms with van der Waals surface area (Å²) in [7, 11) is 0. The molecule has 1 aromatic heterocycles. The highest BCUT2D eigenvalue weighted by molar-refractivity contribution is 7.71. The molecule has 0 saturated heterocycles. The van der Waals surface area contributed by atoms with Crippen molar-refractivity contribution in [1.29, 1.82) is 0 Å². The van der Waals surface area contributed by atoms with E-state index < -0.39 is 0 Å². The molecule has 128 valence electrons. The van der Waals surface area contributed by atoms with Gasteiger partial charge in [-0.1, -0.05) is 47.5 Å². The van der Waals surface area contributed by atoms with Gasteiger partial charge in [0.25, 0.3) is 0 Å². The van der Waals surface area contributed by atoms with Gasteiger partial charge in [0.1, 0.15) is 12.4 Å². The number of hydrogen-bond acceptors (Lipinski definition) is 4. The molecule has 2 aromatic carbocycles. The average molecular weight is 397 g/mol. The van der Waals surface area contributed by atoms with Gasteiger partial charge in [0.2, 0.25) is 4.77 Å². The molecule has 1 N–H and O–H groups in total. The topological polar surface area (TPSA) is 55.2 Å². The quantitative estimate of drug-likeness (QED) is 0.495. The van der Waals surface area contributed by atoms with Gasteiger partial charge < -0.3 is 4.74 Å². The van der Waals surface area contributed by atoms with Crippen LogP contribution in [-0.2, 0) is 6.61 Å². The normalized spacial score (nSPS) is 11.2. The molecule has 0 fully saturated rings. The van der Waals surface area contributed by atoms with Crippen molar-refractivity contribution < 1.29 is 9.13 Å². The van der Waals surface area contributed by atoms with Crippen LogP contribution < -0.4 is 4.74 Å². The van der Waals surface area contributed by atoms with Crippen molar-refractivity contribution in [2.24, 2.45) is 5.10 Å². The van der Waals surface area contributed by atoms with Crippen molar-refractivity contribution in [1.82, 2.24) is 14.9 Å². The number of H-pyrrole nitrogens is 1. The summed E-state index contributed by atoms with van der Waals surface area (Å²) in [4.78, 5) is 0. The Morgan fingerprint density at radius 2 is 1.92 bits per heavy atom. The Kier molecular flexibility index (Phi) is 5.47. The highest BCUT2D eigenvalue weighted by Gasteiger charge is 2.11. The molecule has 9 heteroatoms. The van der Waals surface area contributed by atoms with Crippen molar-refractivity contribution >= 4 is 41.6 Å². The number of ether oxygens (including phenoxy) is 1. The zero-order valence-electron chi connectivity index (χ0n) is 12.6. The van der Waals surface area contributed by atoms with Crippen molar-refractivity contribution in [3.63, 3.8) is 0 Å². The average Bonchev–Trinajstić information content (AvgIpc) is 2.94. The van der Waals surface area contributed by atoms with E-state index in [0.29, 0.717) is 27.2 Å². The molecule has 0 aliphatic heterocycles. The first-order valence-corrected chi connectivity index (χ1v) is 8.24. The van der Waals surface area contributed by atoms with Crippen LogP contribution in [0.15, 0.2) is 47.6 Å². The molecule has 3 aromatic rings. The van der Waals surface area contributed by atoms with Crippen molar-refractivity contribution in [2.75, 3.05) is 0 Å². The van der Waals surface area contributed by atoms with E-state index in [1.807, 2.05) is 0 Å². The number of hydrogen-bond donors (Lipinski definition) is 1.